The molecule has 17 heavy (non-hydrogen) atoms. The number of piperidine rings is 1. The molecule has 0 radical (unpaired) electrons. The molecular weight excluding hydrogens is 329 g/mol. The van der Waals surface area contributed by atoms with Crippen LogP contribution in [0.4, 0.5) is 0 Å². The molecule has 4 heteroatoms. The summed E-state index contributed by atoms with van der Waals surface area (Å²) in [5, 5.41) is 0. The lowest BCUT2D eigenvalue weighted by atomic mass is 10.0. The monoisotopic (exact) mass is 345 g/mol. The van der Waals surface area contributed by atoms with Crippen LogP contribution in [-0.2, 0) is 4.79 Å². The quantitative estimate of drug-likeness (QED) is 0.610. The van der Waals surface area contributed by atoms with Crippen molar-refractivity contribution < 1.29 is 9.21 Å². The summed E-state index contributed by atoms with van der Waals surface area (Å²) in [5.74, 6) is 1.43. The average molecular weight is 345 g/mol. The fraction of sp³-hybridized carbons (Fsp3) is 0.462. The second-order valence-corrected chi connectivity index (χ2v) is 5.57. The zero-order valence-electron chi connectivity index (χ0n) is 9.86. The van der Waals surface area contributed by atoms with Gasteiger partial charge < -0.3 is 9.32 Å². The highest BCUT2D eigenvalue weighted by Crippen LogP contribution is 2.16. The summed E-state index contributed by atoms with van der Waals surface area (Å²) < 4.78 is 6.21. The van der Waals surface area contributed by atoms with Crippen molar-refractivity contribution in [3.8, 4) is 0 Å². The average Bonchev–Trinajstić information content (AvgIpc) is 2.72. The van der Waals surface area contributed by atoms with Crippen molar-refractivity contribution in [2.24, 2.45) is 5.92 Å². The number of nitrogens with zero attached hydrogens (tertiary/aromatic N) is 1. The summed E-state index contributed by atoms with van der Waals surface area (Å²) in [6, 6.07) is 3.75. The molecule has 0 N–H and O–H groups in total. The van der Waals surface area contributed by atoms with Crippen molar-refractivity contribution in [3.63, 3.8) is 0 Å². The van der Waals surface area contributed by atoms with Gasteiger partial charge in [0.2, 0.25) is 5.91 Å². The van der Waals surface area contributed by atoms with Crippen LogP contribution in [0.3, 0.4) is 0 Å². The summed E-state index contributed by atoms with van der Waals surface area (Å²) in [5.41, 5.74) is 0. The first-order valence-electron chi connectivity index (χ1n) is 5.87. The molecule has 0 bridgehead atoms. The van der Waals surface area contributed by atoms with Crippen molar-refractivity contribution in [2.75, 3.05) is 13.1 Å². The molecule has 1 aliphatic heterocycles. The Kier molecular flexibility index (Phi) is 4.25. The van der Waals surface area contributed by atoms with E-state index in [0.717, 1.165) is 29.0 Å². The number of halogens is 1. The van der Waals surface area contributed by atoms with Gasteiger partial charge in [-0.2, -0.15) is 0 Å². The second-order valence-electron chi connectivity index (χ2n) is 4.51. The molecule has 2 heterocycles. The number of rotatable bonds is 2. The topological polar surface area (TPSA) is 33.5 Å². The van der Waals surface area contributed by atoms with Crippen LogP contribution in [0.5, 0.6) is 0 Å². The lowest BCUT2D eigenvalue weighted by molar-refractivity contribution is -0.127. The van der Waals surface area contributed by atoms with Gasteiger partial charge in [-0.15, -0.1) is 0 Å². The van der Waals surface area contributed by atoms with Gasteiger partial charge in [-0.05, 0) is 59.6 Å². The summed E-state index contributed by atoms with van der Waals surface area (Å²) in [4.78, 5) is 13.8. The predicted octanol–water partition coefficient (Wildman–Crippen LogP) is 3.16. The number of carbonyl (C=O) groups is 1. The van der Waals surface area contributed by atoms with Crippen LogP contribution in [0, 0.1) is 9.68 Å². The number of likely N-dealkylation sites (tertiary alicyclic amines) is 1. The Hall–Kier alpha value is -0.780. The number of hydrogen-bond donors (Lipinski definition) is 0. The fourth-order valence-electron chi connectivity index (χ4n) is 2.07. The molecule has 1 aromatic heterocycles. The lowest BCUT2D eigenvalue weighted by Crippen LogP contribution is -2.38. The van der Waals surface area contributed by atoms with Crippen LogP contribution in [0.1, 0.15) is 25.5 Å². The molecule has 1 saturated heterocycles. The van der Waals surface area contributed by atoms with Crippen molar-refractivity contribution in [1.29, 1.82) is 0 Å². The summed E-state index contributed by atoms with van der Waals surface area (Å²) in [6.45, 7) is 3.94. The molecule has 1 fully saturated rings. The third-order valence-electron chi connectivity index (χ3n) is 2.95. The van der Waals surface area contributed by atoms with Gasteiger partial charge >= 0.3 is 0 Å². The van der Waals surface area contributed by atoms with Gasteiger partial charge in [0, 0.05) is 19.2 Å². The Morgan fingerprint density at radius 1 is 1.59 bits per heavy atom. The highest BCUT2D eigenvalue weighted by atomic mass is 127. The summed E-state index contributed by atoms with van der Waals surface area (Å²) in [7, 11) is 0. The van der Waals surface area contributed by atoms with Gasteiger partial charge in [0.25, 0.3) is 0 Å². The Labute approximate surface area is 115 Å². The molecule has 1 amide bonds. The minimum Gasteiger partial charge on any atom is -0.451 e. The van der Waals surface area contributed by atoms with Crippen molar-refractivity contribution in [1.82, 2.24) is 4.90 Å². The smallest absolute Gasteiger partial charge is 0.246 e. The molecular formula is C13H16INO2. The van der Waals surface area contributed by atoms with E-state index in [2.05, 4.69) is 29.5 Å². The fourth-order valence-corrected chi connectivity index (χ4v) is 2.50. The van der Waals surface area contributed by atoms with Gasteiger partial charge in [-0.3, -0.25) is 4.79 Å². The van der Waals surface area contributed by atoms with Gasteiger partial charge in [0.15, 0.2) is 3.77 Å². The van der Waals surface area contributed by atoms with Crippen molar-refractivity contribution in [3.05, 3.63) is 27.7 Å². The molecule has 3 nitrogen and oxygen atoms in total. The molecule has 92 valence electrons. The van der Waals surface area contributed by atoms with Gasteiger partial charge in [0.1, 0.15) is 5.76 Å². The zero-order chi connectivity index (χ0) is 12.3. The van der Waals surface area contributed by atoms with E-state index in [4.69, 9.17) is 4.42 Å². The molecule has 1 aliphatic rings. The first-order valence-corrected chi connectivity index (χ1v) is 6.95. The maximum Gasteiger partial charge on any atom is 0.246 e. The van der Waals surface area contributed by atoms with E-state index in [-0.39, 0.29) is 5.91 Å². The maximum atomic E-state index is 11.9. The minimum atomic E-state index is 0.0861. The Morgan fingerprint density at radius 3 is 3.06 bits per heavy atom. The van der Waals surface area contributed by atoms with Crippen molar-refractivity contribution >= 4 is 34.6 Å². The molecule has 0 spiro atoms. The van der Waals surface area contributed by atoms with E-state index in [1.807, 2.05) is 17.0 Å². The number of hydrogen-bond acceptors (Lipinski definition) is 2. The molecule has 2 rings (SSSR count). The third kappa shape index (κ3) is 3.59. The van der Waals surface area contributed by atoms with Crippen LogP contribution in [0.15, 0.2) is 22.6 Å². The van der Waals surface area contributed by atoms with E-state index in [9.17, 15) is 4.79 Å². The van der Waals surface area contributed by atoms with E-state index in [1.54, 1.807) is 12.2 Å². The summed E-state index contributed by atoms with van der Waals surface area (Å²) >= 11 is 2.11. The van der Waals surface area contributed by atoms with Crippen LogP contribution in [-0.4, -0.2) is 23.9 Å². The molecule has 0 aliphatic carbocycles. The predicted molar refractivity (Wildman–Crippen MR) is 75.4 cm³/mol. The number of carbonyl (C=O) groups excluding carboxylic acids is 1. The van der Waals surface area contributed by atoms with Crippen LogP contribution in [0.2, 0.25) is 0 Å². The molecule has 0 aromatic carbocycles. The zero-order valence-corrected chi connectivity index (χ0v) is 12.0. The lowest BCUT2D eigenvalue weighted by Gasteiger charge is -2.29. The third-order valence-corrected chi connectivity index (χ3v) is 3.53. The Balaban J connectivity index is 1.94. The SMILES string of the molecule is CC1CCCN(C(=O)C=Cc2ccc(I)o2)C1. The summed E-state index contributed by atoms with van der Waals surface area (Å²) in [6.07, 6.45) is 5.68. The molecule has 1 unspecified atom stereocenters. The Bertz CT molecular complexity index is 425. The normalized spacial score (nSPS) is 21.1. The second kappa shape index (κ2) is 5.71. The minimum absolute atomic E-state index is 0.0861. The van der Waals surface area contributed by atoms with E-state index in [0.29, 0.717) is 5.92 Å². The highest BCUT2D eigenvalue weighted by molar-refractivity contribution is 14.1. The van der Waals surface area contributed by atoms with Crippen molar-refractivity contribution in [2.45, 2.75) is 19.8 Å². The largest absolute Gasteiger partial charge is 0.451 e. The van der Waals surface area contributed by atoms with Gasteiger partial charge in [-0.1, -0.05) is 6.92 Å². The van der Waals surface area contributed by atoms with Gasteiger partial charge in [-0.25, -0.2) is 0 Å². The van der Waals surface area contributed by atoms with Gasteiger partial charge in [0.05, 0.1) is 0 Å². The molecule has 0 saturated carbocycles. The molecule has 1 aromatic rings. The number of furan rings is 1. The van der Waals surface area contributed by atoms with E-state index >= 15 is 0 Å². The highest BCUT2D eigenvalue weighted by Gasteiger charge is 2.18. The number of amides is 1. The van der Waals surface area contributed by atoms with Crippen LogP contribution >= 0.6 is 22.6 Å². The Morgan fingerprint density at radius 2 is 2.41 bits per heavy atom. The van der Waals surface area contributed by atoms with E-state index < -0.39 is 0 Å². The standard InChI is InChI=1S/C13H16INO2/c1-10-3-2-8-15(9-10)13(16)7-5-11-4-6-12(14)17-11/h4-7,10H,2-3,8-9H2,1H3. The molecule has 1 atom stereocenters. The van der Waals surface area contributed by atoms with Crippen LogP contribution < -0.4 is 0 Å². The maximum absolute atomic E-state index is 11.9. The van der Waals surface area contributed by atoms with E-state index in [1.165, 1.54) is 6.42 Å². The first-order chi connectivity index (χ1) is 8.15. The first kappa shape index (κ1) is 12.7. The van der Waals surface area contributed by atoms with Crippen LogP contribution in [0.25, 0.3) is 6.08 Å².